The van der Waals surface area contributed by atoms with Crippen LogP contribution >= 0.6 is 0 Å². The van der Waals surface area contributed by atoms with Crippen LogP contribution in [0.1, 0.15) is 65.5 Å². The van der Waals surface area contributed by atoms with E-state index in [1.54, 1.807) is 11.0 Å². The van der Waals surface area contributed by atoms with E-state index in [-0.39, 0.29) is 17.6 Å². The normalized spacial score (nSPS) is 15.9. The minimum Gasteiger partial charge on any atom is -0.490 e. The Hall–Kier alpha value is -2.50. The standard InChI is InChI=1S/C24H35NO5/c1-23(2,3)18-10-8-17(9-11-21(26)28-7)20(16-18)29-19-12-14-25(15-13-19)22(27)30-24(4,5)6/h8-11,16,19H,12-15H2,1-7H3. The highest BCUT2D eigenvalue weighted by Crippen LogP contribution is 2.31. The van der Waals surface area contributed by atoms with E-state index >= 15 is 0 Å². The van der Waals surface area contributed by atoms with Crippen LogP contribution in [-0.2, 0) is 19.7 Å². The third-order valence-corrected chi connectivity index (χ3v) is 4.87. The van der Waals surface area contributed by atoms with Crippen molar-refractivity contribution in [1.82, 2.24) is 4.90 Å². The monoisotopic (exact) mass is 417 g/mol. The van der Waals surface area contributed by atoms with Gasteiger partial charge >= 0.3 is 12.1 Å². The van der Waals surface area contributed by atoms with E-state index in [9.17, 15) is 9.59 Å². The molecule has 1 saturated heterocycles. The van der Waals surface area contributed by atoms with Crippen LogP contribution in [0.25, 0.3) is 6.08 Å². The van der Waals surface area contributed by atoms with Gasteiger partial charge in [-0.05, 0) is 43.9 Å². The van der Waals surface area contributed by atoms with Crippen LogP contribution < -0.4 is 4.74 Å². The molecule has 0 aromatic heterocycles. The van der Waals surface area contributed by atoms with Crippen molar-refractivity contribution in [3.8, 4) is 5.75 Å². The van der Waals surface area contributed by atoms with Crippen LogP contribution in [0.3, 0.4) is 0 Å². The highest BCUT2D eigenvalue weighted by molar-refractivity contribution is 5.87. The Morgan fingerprint density at radius 2 is 1.70 bits per heavy atom. The molecule has 1 aromatic carbocycles. The van der Waals surface area contributed by atoms with Crippen molar-refractivity contribution in [1.29, 1.82) is 0 Å². The number of rotatable bonds is 4. The molecule has 0 unspecified atom stereocenters. The van der Waals surface area contributed by atoms with E-state index in [2.05, 4.69) is 26.8 Å². The Kier molecular flexibility index (Phi) is 7.56. The first kappa shape index (κ1) is 23.8. The van der Waals surface area contributed by atoms with Gasteiger partial charge in [0.2, 0.25) is 0 Å². The molecule has 0 N–H and O–H groups in total. The van der Waals surface area contributed by atoms with Gasteiger partial charge in [-0.1, -0.05) is 32.9 Å². The molecule has 1 fully saturated rings. The summed E-state index contributed by atoms with van der Waals surface area (Å²) >= 11 is 0. The van der Waals surface area contributed by atoms with Crippen molar-refractivity contribution in [3.05, 3.63) is 35.4 Å². The smallest absolute Gasteiger partial charge is 0.410 e. The van der Waals surface area contributed by atoms with Gasteiger partial charge in [-0.25, -0.2) is 9.59 Å². The van der Waals surface area contributed by atoms with Gasteiger partial charge in [-0.15, -0.1) is 0 Å². The van der Waals surface area contributed by atoms with Gasteiger partial charge in [0.1, 0.15) is 17.5 Å². The second-order valence-corrected chi connectivity index (χ2v) is 9.64. The number of carbonyl (C=O) groups is 2. The molecule has 0 atom stereocenters. The minimum absolute atomic E-state index is 0.0100. The fourth-order valence-electron chi connectivity index (χ4n) is 3.13. The number of likely N-dealkylation sites (tertiary alicyclic amines) is 1. The molecule has 1 heterocycles. The van der Waals surface area contributed by atoms with E-state index in [0.717, 1.165) is 29.7 Å². The summed E-state index contributed by atoms with van der Waals surface area (Å²) in [5.74, 6) is 0.324. The summed E-state index contributed by atoms with van der Waals surface area (Å²) in [7, 11) is 1.35. The van der Waals surface area contributed by atoms with Crippen LogP contribution in [0.4, 0.5) is 4.79 Å². The fourth-order valence-corrected chi connectivity index (χ4v) is 3.13. The number of amides is 1. The van der Waals surface area contributed by atoms with Crippen molar-refractivity contribution < 1.29 is 23.8 Å². The maximum absolute atomic E-state index is 12.3. The maximum atomic E-state index is 12.3. The number of carbonyl (C=O) groups excluding carboxylic acids is 2. The predicted octanol–water partition coefficient (Wildman–Crippen LogP) is 4.95. The molecule has 1 aliphatic rings. The SMILES string of the molecule is COC(=O)C=Cc1ccc(C(C)(C)C)cc1OC1CCN(C(=O)OC(C)(C)C)CC1. The van der Waals surface area contributed by atoms with Crippen molar-refractivity contribution in [2.75, 3.05) is 20.2 Å². The lowest BCUT2D eigenvalue weighted by molar-refractivity contribution is -0.134. The summed E-state index contributed by atoms with van der Waals surface area (Å²) in [4.78, 5) is 25.5. The van der Waals surface area contributed by atoms with Gasteiger partial charge in [0.05, 0.1) is 7.11 Å². The van der Waals surface area contributed by atoms with Crippen molar-refractivity contribution >= 4 is 18.1 Å². The van der Waals surface area contributed by atoms with E-state index in [0.29, 0.717) is 13.1 Å². The number of ether oxygens (including phenoxy) is 3. The van der Waals surface area contributed by atoms with E-state index in [1.165, 1.54) is 13.2 Å². The van der Waals surface area contributed by atoms with Crippen molar-refractivity contribution in [3.63, 3.8) is 0 Å². The molecule has 166 valence electrons. The van der Waals surface area contributed by atoms with Gasteiger partial charge in [-0.2, -0.15) is 0 Å². The maximum Gasteiger partial charge on any atom is 0.410 e. The lowest BCUT2D eigenvalue weighted by Gasteiger charge is -2.34. The molecule has 0 aliphatic carbocycles. The highest BCUT2D eigenvalue weighted by Gasteiger charge is 2.28. The summed E-state index contributed by atoms with van der Waals surface area (Å²) in [5.41, 5.74) is 1.45. The summed E-state index contributed by atoms with van der Waals surface area (Å²) in [6.07, 6.45) is 4.26. The zero-order valence-electron chi connectivity index (χ0n) is 19.3. The summed E-state index contributed by atoms with van der Waals surface area (Å²) in [6, 6.07) is 6.05. The average Bonchev–Trinajstić information content (AvgIpc) is 2.65. The molecule has 0 spiro atoms. The molecule has 1 aromatic rings. The first-order chi connectivity index (χ1) is 13.9. The largest absolute Gasteiger partial charge is 0.490 e. The number of piperidine rings is 1. The molecule has 6 nitrogen and oxygen atoms in total. The Balaban J connectivity index is 2.12. The first-order valence-corrected chi connectivity index (χ1v) is 10.4. The number of benzene rings is 1. The van der Waals surface area contributed by atoms with E-state index in [4.69, 9.17) is 14.2 Å². The number of nitrogens with zero attached hydrogens (tertiary/aromatic N) is 1. The first-order valence-electron chi connectivity index (χ1n) is 10.4. The average molecular weight is 418 g/mol. The second kappa shape index (κ2) is 9.54. The van der Waals surface area contributed by atoms with Crippen molar-refractivity contribution in [2.24, 2.45) is 0 Å². The van der Waals surface area contributed by atoms with Gasteiger partial charge in [0, 0.05) is 37.6 Å². The fraction of sp³-hybridized carbons (Fsp3) is 0.583. The van der Waals surface area contributed by atoms with Crippen LogP contribution in [-0.4, -0.2) is 48.9 Å². The third-order valence-electron chi connectivity index (χ3n) is 4.87. The van der Waals surface area contributed by atoms with Crippen LogP contribution in [0.5, 0.6) is 5.75 Å². The molecule has 0 radical (unpaired) electrons. The summed E-state index contributed by atoms with van der Waals surface area (Å²) < 4.78 is 16.5. The lowest BCUT2D eigenvalue weighted by atomic mass is 9.86. The molecule has 6 heteroatoms. The third kappa shape index (κ3) is 7.08. The van der Waals surface area contributed by atoms with Crippen LogP contribution in [0.15, 0.2) is 24.3 Å². The van der Waals surface area contributed by atoms with Crippen molar-refractivity contribution in [2.45, 2.75) is 71.5 Å². The summed E-state index contributed by atoms with van der Waals surface area (Å²) in [6.45, 7) is 13.2. The predicted molar refractivity (Wildman–Crippen MR) is 118 cm³/mol. The van der Waals surface area contributed by atoms with Gasteiger partial charge < -0.3 is 19.1 Å². The van der Waals surface area contributed by atoms with E-state index in [1.807, 2.05) is 32.9 Å². The Labute approximate surface area is 180 Å². The van der Waals surface area contributed by atoms with Gasteiger partial charge in [0.15, 0.2) is 0 Å². The number of esters is 1. The molecule has 2 rings (SSSR count). The van der Waals surface area contributed by atoms with E-state index < -0.39 is 11.6 Å². The van der Waals surface area contributed by atoms with Gasteiger partial charge in [-0.3, -0.25) is 0 Å². The highest BCUT2D eigenvalue weighted by atomic mass is 16.6. The Bertz CT molecular complexity index is 778. The van der Waals surface area contributed by atoms with Crippen LogP contribution in [0, 0.1) is 0 Å². The summed E-state index contributed by atoms with van der Waals surface area (Å²) in [5, 5.41) is 0. The molecule has 1 aliphatic heterocycles. The molecular formula is C24H35NO5. The topological polar surface area (TPSA) is 65.1 Å². The molecule has 30 heavy (non-hydrogen) atoms. The quantitative estimate of drug-likeness (QED) is 0.512. The molecule has 1 amide bonds. The molecular weight excluding hydrogens is 382 g/mol. The number of hydrogen-bond acceptors (Lipinski definition) is 5. The minimum atomic E-state index is -0.501. The second-order valence-electron chi connectivity index (χ2n) is 9.64. The number of methoxy groups -OCH3 is 1. The zero-order chi connectivity index (χ0) is 22.5. The van der Waals surface area contributed by atoms with Crippen LogP contribution in [0.2, 0.25) is 0 Å². The Morgan fingerprint density at radius 1 is 1.07 bits per heavy atom. The van der Waals surface area contributed by atoms with Gasteiger partial charge in [0.25, 0.3) is 0 Å². The number of hydrogen-bond donors (Lipinski definition) is 0. The Morgan fingerprint density at radius 3 is 2.23 bits per heavy atom. The lowest BCUT2D eigenvalue weighted by Crippen LogP contribution is -2.44. The zero-order valence-corrected chi connectivity index (χ0v) is 19.3. The molecule has 0 bridgehead atoms. The molecule has 0 saturated carbocycles.